The zero-order valence-electron chi connectivity index (χ0n) is 16.4. The summed E-state index contributed by atoms with van der Waals surface area (Å²) >= 11 is 0. The number of fused-ring (bicyclic) bond motifs is 1. The Hall–Kier alpha value is -2.79. The lowest BCUT2D eigenvalue weighted by atomic mass is 9.84. The van der Waals surface area contributed by atoms with Gasteiger partial charge in [-0.05, 0) is 51.0 Å². The van der Waals surface area contributed by atoms with E-state index in [9.17, 15) is 9.90 Å². The van der Waals surface area contributed by atoms with Gasteiger partial charge in [-0.25, -0.2) is 0 Å². The number of allylic oxidation sites excluding steroid dienone is 1. The molecule has 5 heteroatoms. The van der Waals surface area contributed by atoms with E-state index >= 15 is 0 Å². The van der Waals surface area contributed by atoms with Gasteiger partial charge in [-0.3, -0.25) is 4.79 Å². The molecule has 1 unspecified atom stereocenters. The number of para-hydroxylation sites is 1. The first-order valence-electron chi connectivity index (χ1n) is 9.00. The van der Waals surface area contributed by atoms with E-state index in [2.05, 4.69) is 30.6 Å². The zero-order chi connectivity index (χ0) is 19.8. The molecule has 1 heterocycles. The standard InChI is InChI=1S/C22H26N2O3/c1-13-12-22(3,4)24-17-11-10-16(15-8-6-7-9-18(15)25)20(19(13)17)21(26)23-14(2)27-5/h6-12,14,24-25H,1-5H3,(H,23,26). The molecule has 1 aliphatic rings. The van der Waals surface area contributed by atoms with E-state index in [0.29, 0.717) is 16.7 Å². The van der Waals surface area contributed by atoms with Crippen molar-refractivity contribution in [3.8, 4) is 16.9 Å². The lowest BCUT2D eigenvalue weighted by Crippen LogP contribution is -2.36. The molecule has 0 saturated carbocycles. The van der Waals surface area contributed by atoms with Crippen LogP contribution in [-0.4, -0.2) is 29.9 Å². The first-order chi connectivity index (χ1) is 12.7. The Kier molecular flexibility index (Phi) is 4.98. The Morgan fingerprint density at radius 1 is 1.19 bits per heavy atom. The molecular weight excluding hydrogens is 340 g/mol. The van der Waals surface area contributed by atoms with Crippen molar-refractivity contribution in [2.45, 2.75) is 39.5 Å². The van der Waals surface area contributed by atoms with Crippen LogP contribution >= 0.6 is 0 Å². The lowest BCUT2D eigenvalue weighted by molar-refractivity contribution is 0.0658. The van der Waals surface area contributed by atoms with Crippen LogP contribution in [0.3, 0.4) is 0 Å². The zero-order valence-corrected chi connectivity index (χ0v) is 16.4. The molecule has 1 amide bonds. The Labute approximate surface area is 160 Å². The van der Waals surface area contributed by atoms with Crippen molar-refractivity contribution >= 4 is 17.2 Å². The fourth-order valence-corrected chi connectivity index (χ4v) is 3.59. The van der Waals surface area contributed by atoms with Crippen molar-refractivity contribution in [3.05, 3.63) is 53.6 Å². The third kappa shape index (κ3) is 3.69. The van der Waals surface area contributed by atoms with E-state index in [1.165, 1.54) is 0 Å². The third-order valence-corrected chi connectivity index (χ3v) is 4.74. The quantitative estimate of drug-likeness (QED) is 0.702. The van der Waals surface area contributed by atoms with Gasteiger partial charge in [0.15, 0.2) is 0 Å². The lowest BCUT2D eigenvalue weighted by Gasteiger charge is -2.33. The van der Waals surface area contributed by atoms with Gasteiger partial charge in [0.2, 0.25) is 0 Å². The number of hydrogen-bond acceptors (Lipinski definition) is 4. The molecule has 0 saturated heterocycles. The summed E-state index contributed by atoms with van der Waals surface area (Å²) in [5.41, 5.74) is 4.37. The van der Waals surface area contributed by atoms with E-state index in [-0.39, 0.29) is 17.2 Å². The summed E-state index contributed by atoms with van der Waals surface area (Å²) < 4.78 is 5.20. The Morgan fingerprint density at radius 3 is 2.56 bits per heavy atom. The third-order valence-electron chi connectivity index (χ3n) is 4.74. The molecule has 0 aliphatic carbocycles. The minimum atomic E-state index is -0.428. The number of nitrogens with one attached hydrogen (secondary N) is 2. The second-order valence-corrected chi connectivity index (χ2v) is 7.45. The number of ether oxygens (including phenoxy) is 1. The molecule has 2 aromatic rings. The number of carbonyl (C=O) groups excluding carboxylic acids is 1. The average molecular weight is 366 g/mol. The monoisotopic (exact) mass is 366 g/mol. The van der Waals surface area contributed by atoms with Gasteiger partial charge in [-0.15, -0.1) is 0 Å². The molecule has 5 nitrogen and oxygen atoms in total. The minimum Gasteiger partial charge on any atom is -0.507 e. The number of rotatable bonds is 4. The van der Waals surface area contributed by atoms with E-state index in [4.69, 9.17) is 4.74 Å². The summed E-state index contributed by atoms with van der Waals surface area (Å²) in [6.45, 7) is 7.95. The highest BCUT2D eigenvalue weighted by atomic mass is 16.5. The maximum absolute atomic E-state index is 13.2. The SMILES string of the molecule is COC(C)NC(=O)c1c(-c2ccccc2O)ccc2c1C(C)=CC(C)(C)N2. The molecular formula is C22H26N2O3. The van der Waals surface area contributed by atoms with Crippen LogP contribution in [0.4, 0.5) is 5.69 Å². The van der Waals surface area contributed by atoms with Crippen LogP contribution in [0.1, 0.15) is 43.6 Å². The summed E-state index contributed by atoms with van der Waals surface area (Å²) in [7, 11) is 1.55. The summed E-state index contributed by atoms with van der Waals surface area (Å²) in [5.74, 6) is -0.106. The van der Waals surface area contributed by atoms with E-state index in [1.807, 2.05) is 31.2 Å². The van der Waals surface area contributed by atoms with E-state index in [1.54, 1.807) is 26.2 Å². The molecule has 0 bridgehead atoms. The minimum absolute atomic E-state index is 0.136. The van der Waals surface area contributed by atoms with Crippen molar-refractivity contribution in [1.82, 2.24) is 5.32 Å². The van der Waals surface area contributed by atoms with Crippen molar-refractivity contribution in [2.75, 3.05) is 12.4 Å². The van der Waals surface area contributed by atoms with E-state index < -0.39 is 6.23 Å². The highest BCUT2D eigenvalue weighted by Crippen LogP contribution is 2.41. The maximum atomic E-state index is 13.2. The van der Waals surface area contributed by atoms with Gasteiger partial charge in [0, 0.05) is 23.9 Å². The molecule has 1 aliphatic heterocycles. The van der Waals surface area contributed by atoms with Gasteiger partial charge in [0.1, 0.15) is 12.0 Å². The number of aromatic hydroxyl groups is 1. The van der Waals surface area contributed by atoms with Crippen LogP contribution in [0.2, 0.25) is 0 Å². The number of phenolic OH excluding ortho intramolecular Hbond substituents is 1. The topological polar surface area (TPSA) is 70.6 Å². The molecule has 142 valence electrons. The number of benzene rings is 2. The van der Waals surface area contributed by atoms with Crippen molar-refractivity contribution < 1.29 is 14.6 Å². The van der Waals surface area contributed by atoms with Crippen LogP contribution < -0.4 is 10.6 Å². The molecule has 0 aromatic heterocycles. The van der Waals surface area contributed by atoms with Crippen LogP contribution in [0.25, 0.3) is 16.7 Å². The van der Waals surface area contributed by atoms with Gasteiger partial charge < -0.3 is 20.5 Å². The predicted molar refractivity (Wildman–Crippen MR) is 109 cm³/mol. The van der Waals surface area contributed by atoms with Gasteiger partial charge in [0.05, 0.1) is 11.1 Å². The molecule has 2 aromatic carbocycles. The molecule has 0 spiro atoms. The Morgan fingerprint density at radius 2 is 1.89 bits per heavy atom. The number of amides is 1. The summed E-state index contributed by atoms with van der Waals surface area (Å²) in [6.07, 6.45) is 1.68. The molecule has 1 atom stereocenters. The molecule has 3 rings (SSSR count). The first-order valence-corrected chi connectivity index (χ1v) is 9.00. The van der Waals surface area contributed by atoms with Crippen molar-refractivity contribution in [2.24, 2.45) is 0 Å². The molecule has 27 heavy (non-hydrogen) atoms. The second kappa shape index (κ2) is 7.08. The molecule has 3 N–H and O–H groups in total. The van der Waals surface area contributed by atoms with Crippen LogP contribution in [-0.2, 0) is 4.74 Å². The van der Waals surface area contributed by atoms with Gasteiger partial charge in [0.25, 0.3) is 5.91 Å². The van der Waals surface area contributed by atoms with Crippen molar-refractivity contribution in [3.63, 3.8) is 0 Å². The molecule has 0 radical (unpaired) electrons. The van der Waals surface area contributed by atoms with Crippen LogP contribution in [0, 0.1) is 0 Å². The average Bonchev–Trinajstić information content (AvgIpc) is 2.60. The summed E-state index contributed by atoms with van der Waals surface area (Å²) in [5, 5.41) is 16.7. The van der Waals surface area contributed by atoms with Gasteiger partial charge in [-0.2, -0.15) is 0 Å². The number of anilines is 1. The fourth-order valence-electron chi connectivity index (χ4n) is 3.59. The highest BCUT2D eigenvalue weighted by Gasteiger charge is 2.29. The van der Waals surface area contributed by atoms with Gasteiger partial charge >= 0.3 is 0 Å². The van der Waals surface area contributed by atoms with Crippen LogP contribution in [0.5, 0.6) is 5.75 Å². The Balaban J connectivity index is 2.26. The Bertz CT molecular complexity index is 916. The fraction of sp³-hybridized carbons (Fsp3) is 0.318. The summed E-state index contributed by atoms with van der Waals surface area (Å²) in [6, 6.07) is 10.9. The summed E-state index contributed by atoms with van der Waals surface area (Å²) in [4.78, 5) is 13.2. The highest BCUT2D eigenvalue weighted by molar-refractivity contribution is 6.08. The predicted octanol–water partition coefficient (Wildman–Crippen LogP) is 4.39. The largest absolute Gasteiger partial charge is 0.507 e. The number of phenols is 1. The second-order valence-electron chi connectivity index (χ2n) is 7.45. The number of hydrogen-bond donors (Lipinski definition) is 3. The molecule has 0 fully saturated rings. The van der Waals surface area contributed by atoms with Crippen molar-refractivity contribution in [1.29, 1.82) is 0 Å². The van der Waals surface area contributed by atoms with E-state index in [0.717, 1.165) is 16.8 Å². The number of methoxy groups -OCH3 is 1. The van der Waals surface area contributed by atoms with Gasteiger partial charge in [-0.1, -0.05) is 30.3 Å². The number of carbonyl (C=O) groups is 1. The van der Waals surface area contributed by atoms with Crippen LogP contribution in [0.15, 0.2) is 42.5 Å². The normalized spacial score (nSPS) is 16.0. The maximum Gasteiger partial charge on any atom is 0.254 e. The first kappa shape index (κ1) is 19.0. The smallest absolute Gasteiger partial charge is 0.254 e.